The molecule has 2 rings (SSSR count). The van der Waals surface area contributed by atoms with E-state index in [9.17, 15) is 15.2 Å². The van der Waals surface area contributed by atoms with Crippen LogP contribution in [0.4, 0.5) is 0 Å². The van der Waals surface area contributed by atoms with Gasteiger partial charge in [-0.2, -0.15) is 0 Å². The van der Waals surface area contributed by atoms with E-state index in [1.807, 2.05) is 0 Å². The van der Waals surface area contributed by atoms with Crippen LogP contribution in [0.3, 0.4) is 0 Å². The maximum atomic E-state index is 10.3. The highest BCUT2D eigenvalue weighted by molar-refractivity contribution is 4.85. The highest BCUT2D eigenvalue weighted by Crippen LogP contribution is 2.38. The number of aliphatic hydroxyl groups is 1. The van der Waals surface area contributed by atoms with Crippen molar-refractivity contribution in [2.45, 2.75) is 50.1 Å². The van der Waals surface area contributed by atoms with Crippen molar-refractivity contribution in [2.24, 2.45) is 0 Å². The SMILES string of the molecule is O=[N+]([O-])C[C@H](O)[C@@H]1COC2(CCCCC2)O1. The van der Waals surface area contributed by atoms with Crippen molar-refractivity contribution in [3.8, 4) is 0 Å². The normalized spacial score (nSPS) is 30.4. The first-order valence-corrected chi connectivity index (χ1v) is 5.73. The Morgan fingerprint density at radius 2 is 2.12 bits per heavy atom. The molecule has 1 saturated carbocycles. The van der Waals surface area contributed by atoms with E-state index in [-0.39, 0.29) is 6.61 Å². The molecule has 0 aromatic heterocycles. The fourth-order valence-electron chi connectivity index (χ4n) is 2.39. The Morgan fingerprint density at radius 3 is 2.75 bits per heavy atom. The highest BCUT2D eigenvalue weighted by Gasteiger charge is 2.45. The van der Waals surface area contributed by atoms with E-state index in [4.69, 9.17) is 9.47 Å². The summed E-state index contributed by atoms with van der Waals surface area (Å²) in [4.78, 5) is 9.76. The molecule has 6 heteroatoms. The highest BCUT2D eigenvalue weighted by atomic mass is 16.7. The summed E-state index contributed by atoms with van der Waals surface area (Å²) in [6.07, 6.45) is 3.32. The second kappa shape index (κ2) is 4.65. The van der Waals surface area contributed by atoms with E-state index < -0.39 is 29.5 Å². The molecule has 2 atom stereocenters. The molecule has 1 aliphatic heterocycles. The Bertz CT molecular complexity index is 264. The van der Waals surface area contributed by atoms with Crippen LogP contribution in [0.2, 0.25) is 0 Å². The lowest BCUT2D eigenvalue weighted by Crippen LogP contribution is -2.38. The van der Waals surface area contributed by atoms with Gasteiger partial charge in [0.15, 0.2) is 5.79 Å². The Balaban J connectivity index is 1.89. The predicted octanol–water partition coefficient (Wildman–Crippen LogP) is 0.700. The van der Waals surface area contributed by atoms with Gasteiger partial charge in [0.1, 0.15) is 12.2 Å². The summed E-state index contributed by atoms with van der Waals surface area (Å²) < 4.78 is 11.3. The van der Waals surface area contributed by atoms with Crippen LogP contribution in [0.25, 0.3) is 0 Å². The number of nitro groups is 1. The van der Waals surface area contributed by atoms with Crippen molar-refractivity contribution in [1.29, 1.82) is 0 Å². The lowest BCUT2D eigenvalue weighted by atomic mass is 9.94. The molecular formula is C10H17NO5. The summed E-state index contributed by atoms with van der Waals surface area (Å²) >= 11 is 0. The summed E-state index contributed by atoms with van der Waals surface area (Å²) in [6.45, 7) is -0.223. The smallest absolute Gasteiger partial charge is 0.232 e. The third-order valence-electron chi connectivity index (χ3n) is 3.26. The minimum atomic E-state index is -1.07. The molecule has 2 fully saturated rings. The fourth-order valence-corrected chi connectivity index (χ4v) is 2.39. The molecule has 1 heterocycles. The molecule has 0 unspecified atom stereocenters. The van der Waals surface area contributed by atoms with Crippen molar-refractivity contribution >= 4 is 0 Å². The van der Waals surface area contributed by atoms with Crippen molar-refractivity contribution in [3.05, 3.63) is 10.1 Å². The zero-order valence-corrected chi connectivity index (χ0v) is 9.13. The minimum Gasteiger partial charge on any atom is -0.383 e. The molecule has 0 aromatic carbocycles. The summed E-state index contributed by atoms with van der Waals surface area (Å²) in [5, 5.41) is 19.9. The van der Waals surface area contributed by atoms with Crippen molar-refractivity contribution in [2.75, 3.05) is 13.2 Å². The van der Waals surface area contributed by atoms with Crippen molar-refractivity contribution in [3.63, 3.8) is 0 Å². The molecule has 0 radical (unpaired) electrons. The Labute approximate surface area is 93.7 Å². The molecule has 0 bridgehead atoms. The standard InChI is InChI=1S/C10H17NO5/c12-8(6-11(13)14)9-7-15-10(16-9)4-2-1-3-5-10/h8-9,12H,1-7H2/t8-,9-/m0/s1. The summed E-state index contributed by atoms with van der Waals surface area (Å²) in [5.41, 5.74) is 0. The number of aliphatic hydroxyl groups excluding tert-OH is 1. The number of rotatable bonds is 3. The summed E-state index contributed by atoms with van der Waals surface area (Å²) in [6, 6.07) is 0. The Morgan fingerprint density at radius 1 is 1.44 bits per heavy atom. The molecule has 0 amide bonds. The van der Waals surface area contributed by atoms with Crippen LogP contribution in [0.15, 0.2) is 0 Å². The van der Waals surface area contributed by atoms with Crippen LogP contribution in [-0.4, -0.2) is 41.2 Å². The van der Waals surface area contributed by atoms with Crippen molar-refractivity contribution in [1.82, 2.24) is 0 Å². The lowest BCUT2D eigenvalue weighted by Gasteiger charge is -2.32. The third-order valence-corrected chi connectivity index (χ3v) is 3.26. The third kappa shape index (κ3) is 2.50. The van der Waals surface area contributed by atoms with Gasteiger partial charge >= 0.3 is 0 Å². The average molecular weight is 231 g/mol. The molecule has 92 valence electrons. The Kier molecular flexibility index (Phi) is 3.41. The van der Waals surface area contributed by atoms with Gasteiger partial charge in [0.05, 0.1) is 6.61 Å². The molecule has 1 saturated heterocycles. The summed E-state index contributed by atoms with van der Waals surface area (Å²) in [5.74, 6) is -0.569. The lowest BCUT2D eigenvalue weighted by molar-refractivity contribution is -0.493. The van der Waals surface area contributed by atoms with Crippen LogP contribution < -0.4 is 0 Å². The first-order chi connectivity index (χ1) is 7.61. The van der Waals surface area contributed by atoms with Gasteiger partial charge in [-0.05, 0) is 12.8 Å². The molecule has 2 aliphatic rings. The van der Waals surface area contributed by atoms with E-state index in [0.29, 0.717) is 0 Å². The quantitative estimate of drug-likeness (QED) is 0.571. The monoisotopic (exact) mass is 231 g/mol. The van der Waals surface area contributed by atoms with E-state index >= 15 is 0 Å². The number of hydrogen-bond donors (Lipinski definition) is 1. The minimum absolute atomic E-state index is 0.259. The fraction of sp³-hybridized carbons (Fsp3) is 1.00. The topological polar surface area (TPSA) is 81.8 Å². The zero-order chi connectivity index (χ0) is 11.6. The van der Waals surface area contributed by atoms with Gasteiger partial charge in [-0.1, -0.05) is 6.42 Å². The van der Waals surface area contributed by atoms with Gasteiger partial charge in [-0.3, -0.25) is 10.1 Å². The van der Waals surface area contributed by atoms with Gasteiger partial charge in [0.25, 0.3) is 0 Å². The molecule has 16 heavy (non-hydrogen) atoms. The zero-order valence-electron chi connectivity index (χ0n) is 9.13. The van der Waals surface area contributed by atoms with Crippen LogP contribution in [0.1, 0.15) is 32.1 Å². The number of ether oxygens (including phenoxy) is 2. The maximum Gasteiger partial charge on any atom is 0.232 e. The van der Waals surface area contributed by atoms with Crippen LogP contribution >= 0.6 is 0 Å². The summed E-state index contributed by atoms with van der Waals surface area (Å²) in [7, 11) is 0. The van der Waals surface area contributed by atoms with Gasteiger partial charge in [0.2, 0.25) is 6.54 Å². The van der Waals surface area contributed by atoms with Gasteiger partial charge in [-0.15, -0.1) is 0 Å². The van der Waals surface area contributed by atoms with Crippen LogP contribution in [0.5, 0.6) is 0 Å². The maximum absolute atomic E-state index is 10.3. The number of nitrogens with zero attached hydrogens (tertiary/aromatic N) is 1. The predicted molar refractivity (Wildman–Crippen MR) is 54.5 cm³/mol. The molecule has 1 aliphatic carbocycles. The van der Waals surface area contributed by atoms with Crippen LogP contribution in [0, 0.1) is 10.1 Å². The van der Waals surface area contributed by atoms with Crippen LogP contribution in [-0.2, 0) is 9.47 Å². The molecule has 1 spiro atoms. The molecule has 1 N–H and O–H groups in total. The van der Waals surface area contributed by atoms with Gasteiger partial charge in [-0.25, -0.2) is 0 Å². The van der Waals surface area contributed by atoms with Gasteiger partial charge in [0, 0.05) is 17.8 Å². The average Bonchev–Trinajstić information content (AvgIpc) is 2.62. The second-order valence-corrected chi connectivity index (χ2v) is 4.52. The van der Waals surface area contributed by atoms with E-state index in [1.54, 1.807) is 0 Å². The number of hydrogen-bond acceptors (Lipinski definition) is 5. The second-order valence-electron chi connectivity index (χ2n) is 4.52. The molecule has 0 aromatic rings. The van der Waals surface area contributed by atoms with Gasteiger partial charge < -0.3 is 14.6 Å². The van der Waals surface area contributed by atoms with E-state index in [1.165, 1.54) is 6.42 Å². The van der Waals surface area contributed by atoms with E-state index in [2.05, 4.69) is 0 Å². The van der Waals surface area contributed by atoms with Crippen molar-refractivity contribution < 1.29 is 19.5 Å². The molecular weight excluding hydrogens is 214 g/mol. The first-order valence-electron chi connectivity index (χ1n) is 5.73. The largest absolute Gasteiger partial charge is 0.383 e. The Hall–Kier alpha value is -0.720. The van der Waals surface area contributed by atoms with E-state index in [0.717, 1.165) is 25.7 Å². The molecule has 6 nitrogen and oxygen atoms in total. The first kappa shape index (κ1) is 11.8.